The average molecular weight is 259 g/mol. The van der Waals surface area contributed by atoms with Gasteiger partial charge in [0.2, 0.25) is 0 Å². The van der Waals surface area contributed by atoms with Crippen molar-refractivity contribution < 1.29 is 0 Å². The number of nitrogens with zero attached hydrogens (tertiary/aromatic N) is 2. The number of piperidine rings is 1. The summed E-state index contributed by atoms with van der Waals surface area (Å²) in [5.74, 6) is 2.97. The third-order valence-electron chi connectivity index (χ3n) is 5.37. The summed E-state index contributed by atoms with van der Waals surface area (Å²) in [6, 6.07) is 0. The monoisotopic (exact) mass is 259 g/mol. The molecular weight excluding hydrogens is 234 g/mol. The van der Waals surface area contributed by atoms with Crippen LogP contribution in [0.5, 0.6) is 0 Å². The van der Waals surface area contributed by atoms with Crippen LogP contribution in [0.25, 0.3) is 0 Å². The van der Waals surface area contributed by atoms with Crippen molar-refractivity contribution in [2.75, 3.05) is 13.1 Å². The van der Waals surface area contributed by atoms with Gasteiger partial charge in [-0.2, -0.15) is 0 Å². The Bertz CT molecular complexity index is 453. The van der Waals surface area contributed by atoms with Gasteiger partial charge in [0.15, 0.2) is 0 Å². The van der Waals surface area contributed by atoms with Gasteiger partial charge in [0, 0.05) is 24.1 Å². The van der Waals surface area contributed by atoms with Gasteiger partial charge in [-0.15, -0.1) is 0 Å². The van der Waals surface area contributed by atoms with E-state index in [4.69, 9.17) is 4.98 Å². The van der Waals surface area contributed by atoms with E-state index in [2.05, 4.69) is 9.88 Å². The highest BCUT2D eigenvalue weighted by Gasteiger charge is 2.31. The smallest absolute Gasteiger partial charge is 0.112 e. The van der Waals surface area contributed by atoms with E-state index in [1.54, 1.807) is 5.69 Å². The van der Waals surface area contributed by atoms with Crippen LogP contribution in [0.4, 0.5) is 0 Å². The molecule has 19 heavy (non-hydrogen) atoms. The van der Waals surface area contributed by atoms with E-state index in [0.29, 0.717) is 0 Å². The molecule has 3 aliphatic rings. The van der Waals surface area contributed by atoms with Crippen molar-refractivity contribution in [3.8, 4) is 0 Å². The number of fused-ring (bicyclic) bond motifs is 1. The molecule has 3 heterocycles. The molecule has 3 heteroatoms. The van der Waals surface area contributed by atoms with Crippen LogP contribution in [-0.2, 0) is 13.0 Å². The van der Waals surface area contributed by atoms with Crippen LogP contribution in [0.3, 0.4) is 0 Å². The van der Waals surface area contributed by atoms with Gasteiger partial charge in [-0.05, 0) is 58.0 Å². The Labute approximate surface area is 115 Å². The normalized spacial score (nSPS) is 25.1. The summed E-state index contributed by atoms with van der Waals surface area (Å²) in [5, 5.41) is 3.48. The molecule has 1 aromatic rings. The van der Waals surface area contributed by atoms with Gasteiger partial charge in [0.05, 0.1) is 5.69 Å². The molecule has 1 saturated carbocycles. The highest BCUT2D eigenvalue weighted by atomic mass is 15.1. The first-order valence-electron chi connectivity index (χ1n) is 8.23. The zero-order valence-electron chi connectivity index (χ0n) is 11.8. The Morgan fingerprint density at radius 3 is 2.53 bits per heavy atom. The first kappa shape index (κ1) is 12.0. The van der Waals surface area contributed by atoms with Gasteiger partial charge in [0.25, 0.3) is 0 Å². The molecule has 3 nitrogen and oxygen atoms in total. The fraction of sp³-hybridized carbons (Fsp3) is 0.812. The second kappa shape index (κ2) is 4.93. The highest BCUT2D eigenvalue weighted by Crippen LogP contribution is 2.40. The van der Waals surface area contributed by atoms with Crippen LogP contribution in [-0.4, -0.2) is 22.6 Å². The summed E-state index contributed by atoms with van der Waals surface area (Å²) in [6.45, 7) is 3.59. The summed E-state index contributed by atoms with van der Waals surface area (Å²) in [5.41, 5.74) is 3.10. The van der Waals surface area contributed by atoms with E-state index in [0.717, 1.165) is 11.8 Å². The Kier molecular flexibility index (Phi) is 3.10. The van der Waals surface area contributed by atoms with Crippen molar-refractivity contribution in [1.82, 2.24) is 14.9 Å². The maximum atomic E-state index is 5.17. The molecule has 2 aliphatic heterocycles. The summed E-state index contributed by atoms with van der Waals surface area (Å²) in [6.07, 6.45) is 10.7. The molecule has 2 fully saturated rings. The van der Waals surface area contributed by atoms with Crippen molar-refractivity contribution in [1.29, 1.82) is 0 Å². The number of nitrogens with one attached hydrogen (secondary N) is 1. The molecule has 0 atom stereocenters. The lowest BCUT2D eigenvalue weighted by atomic mass is 9.84. The quantitative estimate of drug-likeness (QED) is 0.885. The third kappa shape index (κ3) is 2.03. The average Bonchev–Trinajstić information content (AvgIpc) is 2.78. The van der Waals surface area contributed by atoms with Crippen LogP contribution in [0.2, 0.25) is 0 Å². The van der Waals surface area contributed by atoms with Crippen LogP contribution >= 0.6 is 0 Å². The number of rotatable bonds is 2. The molecule has 104 valence electrons. The maximum absolute atomic E-state index is 5.17. The molecule has 0 amide bonds. The van der Waals surface area contributed by atoms with Crippen LogP contribution in [0.1, 0.15) is 74.0 Å². The van der Waals surface area contributed by atoms with E-state index in [9.17, 15) is 0 Å². The maximum Gasteiger partial charge on any atom is 0.112 e. The summed E-state index contributed by atoms with van der Waals surface area (Å²) in [4.78, 5) is 5.17. The molecule has 1 saturated heterocycles. The zero-order valence-corrected chi connectivity index (χ0v) is 11.8. The Morgan fingerprint density at radius 2 is 1.79 bits per heavy atom. The fourth-order valence-electron chi connectivity index (χ4n) is 4.00. The first-order chi connectivity index (χ1) is 9.43. The third-order valence-corrected chi connectivity index (χ3v) is 5.37. The molecule has 0 bridgehead atoms. The molecule has 1 aliphatic carbocycles. The molecule has 0 aromatic carbocycles. The Balaban J connectivity index is 1.70. The molecule has 0 spiro atoms. The van der Waals surface area contributed by atoms with E-state index in [-0.39, 0.29) is 0 Å². The van der Waals surface area contributed by atoms with Gasteiger partial charge in [-0.25, -0.2) is 4.98 Å². The van der Waals surface area contributed by atoms with Crippen LogP contribution in [0.15, 0.2) is 0 Å². The lowest BCUT2D eigenvalue weighted by Gasteiger charge is -2.27. The second-order valence-corrected chi connectivity index (χ2v) is 6.56. The second-order valence-electron chi connectivity index (χ2n) is 6.56. The van der Waals surface area contributed by atoms with Crippen LogP contribution in [0, 0.1) is 0 Å². The van der Waals surface area contributed by atoms with Crippen molar-refractivity contribution >= 4 is 0 Å². The SMILES string of the molecule is C1CCn2c(C3CCC3)nc(C3CCNCC3)c2C1. The Morgan fingerprint density at radius 1 is 0.947 bits per heavy atom. The predicted molar refractivity (Wildman–Crippen MR) is 76.6 cm³/mol. The van der Waals surface area contributed by atoms with Gasteiger partial charge < -0.3 is 9.88 Å². The van der Waals surface area contributed by atoms with Gasteiger partial charge in [-0.1, -0.05) is 6.42 Å². The van der Waals surface area contributed by atoms with Crippen molar-refractivity contribution in [2.24, 2.45) is 0 Å². The van der Waals surface area contributed by atoms with E-state index >= 15 is 0 Å². The zero-order chi connectivity index (χ0) is 12.7. The minimum absolute atomic E-state index is 0.731. The summed E-state index contributed by atoms with van der Waals surface area (Å²) >= 11 is 0. The highest BCUT2D eigenvalue weighted by molar-refractivity contribution is 5.26. The molecule has 1 N–H and O–H groups in total. The minimum atomic E-state index is 0.731. The summed E-state index contributed by atoms with van der Waals surface area (Å²) in [7, 11) is 0. The number of hydrogen-bond donors (Lipinski definition) is 1. The summed E-state index contributed by atoms with van der Waals surface area (Å²) < 4.78 is 2.62. The largest absolute Gasteiger partial charge is 0.332 e. The minimum Gasteiger partial charge on any atom is -0.332 e. The van der Waals surface area contributed by atoms with Gasteiger partial charge in [-0.3, -0.25) is 0 Å². The topological polar surface area (TPSA) is 29.9 Å². The molecule has 1 aromatic heterocycles. The van der Waals surface area contributed by atoms with Crippen molar-refractivity contribution in [3.05, 3.63) is 17.2 Å². The predicted octanol–water partition coefficient (Wildman–Crippen LogP) is 2.95. The molecule has 0 radical (unpaired) electrons. The van der Waals surface area contributed by atoms with Crippen LogP contribution < -0.4 is 5.32 Å². The van der Waals surface area contributed by atoms with E-state index in [1.807, 2.05) is 0 Å². The van der Waals surface area contributed by atoms with Crippen molar-refractivity contribution in [3.63, 3.8) is 0 Å². The molecule has 0 unspecified atom stereocenters. The molecular formula is C16H25N3. The number of hydrogen-bond acceptors (Lipinski definition) is 2. The fourth-order valence-corrected chi connectivity index (χ4v) is 4.00. The lowest BCUT2D eigenvalue weighted by molar-refractivity contribution is 0.376. The van der Waals surface area contributed by atoms with Gasteiger partial charge in [0.1, 0.15) is 5.82 Å². The lowest BCUT2D eigenvalue weighted by Crippen LogP contribution is -2.27. The first-order valence-corrected chi connectivity index (χ1v) is 8.23. The Hall–Kier alpha value is -0.830. The van der Waals surface area contributed by atoms with E-state index < -0.39 is 0 Å². The number of aromatic nitrogens is 2. The standard InChI is InChI=1S/C16H25N3/c1-2-11-19-14(6-1)15(12-7-9-17-10-8-12)18-16(19)13-4-3-5-13/h12-13,17H,1-11H2. The van der Waals surface area contributed by atoms with Crippen molar-refractivity contribution in [2.45, 2.75) is 69.7 Å². The van der Waals surface area contributed by atoms with E-state index in [1.165, 1.54) is 82.5 Å². The van der Waals surface area contributed by atoms with Gasteiger partial charge >= 0.3 is 0 Å². The molecule has 4 rings (SSSR count). The number of imidazole rings is 1.